The van der Waals surface area contributed by atoms with E-state index in [2.05, 4.69) is 41.7 Å². The number of carbonyl (C=O) groups excluding carboxylic acids is 6. The van der Waals surface area contributed by atoms with Crippen LogP contribution in [0.4, 0.5) is 4.79 Å². The summed E-state index contributed by atoms with van der Waals surface area (Å²) in [7, 11) is 0. The zero-order valence-electron chi connectivity index (χ0n) is 33.5. The summed E-state index contributed by atoms with van der Waals surface area (Å²) in [5, 5.41) is 21.7. The number of carbonyl (C=O) groups is 6. The first-order chi connectivity index (χ1) is 29.7. The summed E-state index contributed by atoms with van der Waals surface area (Å²) in [4.78, 5) is 85.3. The second kappa shape index (κ2) is 18.9. The molecule has 316 valence electrons. The highest BCUT2D eigenvalue weighted by Gasteiger charge is 2.42. The lowest BCUT2D eigenvalue weighted by Gasteiger charge is -2.25. The maximum atomic E-state index is 14.6. The van der Waals surface area contributed by atoms with Crippen molar-refractivity contribution in [3.63, 3.8) is 0 Å². The largest absolute Gasteiger partial charge is 0.361 e. The second-order valence-corrected chi connectivity index (χ2v) is 17.2. The average molecular weight is 844 g/mol. The van der Waals surface area contributed by atoms with E-state index in [-0.39, 0.29) is 43.7 Å². The predicted molar refractivity (Wildman–Crippen MR) is 233 cm³/mol. The number of imide groups is 1. The maximum Gasteiger partial charge on any atom is 0.344 e. The summed E-state index contributed by atoms with van der Waals surface area (Å²) < 4.78 is 0. The van der Waals surface area contributed by atoms with Gasteiger partial charge in [0.1, 0.15) is 18.6 Å². The lowest BCUT2D eigenvalue weighted by atomic mass is 9.97. The van der Waals surface area contributed by atoms with Crippen LogP contribution in [-0.4, -0.2) is 98.5 Å². The number of thioether (sulfide) groups is 1. The molecule has 0 aliphatic carbocycles. The smallest absolute Gasteiger partial charge is 0.344 e. The van der Waals surface area contributed by atoms with Crippen molar-refractivity contribution in [1.29, 1.82) is 0 Å². The van der Waals surface area contributed by atoms with Crippen LogP contribution in [0.15, 0.2) is 96.4 Å². The third-order valence-electron chi connectivity index (χ3n) is 11.6. The van der Waals surface area contributed by atoms with Crippen molar-refractivity contribution >= 4 is 75.3 Å². The Hall–Kier alpha value is -6.42. The number of para-hydroxylation sites is 2. The number of hydrazone groups is 1. The fraction of sp³-hybridized carbons (Fsp3) is 0.356. The van der Waals surface area contributed by atoms with Crippen molar-refractivity contribution in [3.8, 4) is 0 Å². The van der Waals surface area contributed by atoms with Gasteiger partial charge in [-0.25, -0.2) is 9.80 Å². The molecule has 3 aromatic carbocycles. The molecule has 8 rings (SSSR count). The molecule has 5 heterocycles. The second-order valence-electron chi connectivity index (χ2n) is 16.0. The third-order valence-corrected chi connectivity index (χ3v) is 13.2. The van der Waals surface area contributed by atoms with Gasteiger partial charge in [0.05, 0.1) is 6.04 Å². The number of benzene rings is 3. The highest BCUT2D eigenvalue weighted by molar-refractivity contribution is 8.00. The highest BCUT2D eigenvalue weighted by Crippen LogP contribution is 2.39. The van der Waals surface area contributed by atoms with Gasteiger partial charge in [0.25, 0.3) is 0 Å². The van der Waals surface area contributed by atoms with E-state index in [1.807, 2.05) is 103 Å². The molecule has 5 aromatic rings. The molecule has 6 atom stereocenters. The molecule has 3 aliphatic heterocycles. The molecule has 7 N–H and O–H groups in total. The van der Waals surface area contributed by atoms with E-state index in [9.17, 15) is 28.8 Å². The lowest BCUT2D eigenvalue weighted by Crippen LogP contribution is -2.56. The molecule has 3 fully saturated rings. The van der Waals surface area contributed by atoms with Crippen molar-refractivity contribution in [3.05, 3.63) is 108 Å². The molecule has 3 saturated heterocycles. The average Bonchev–Trinajstić information content (AvgIpc) is 4.09. The number of aromatic nitrogens is 2. The van der Waals surface area contributed by atoms with Crippen LogP contribution in [0.25, 0.3) is 21.8 Å². The number of hydrogen-bond acceptors (Lipinski definition) is 8. The first kappa shape index (κ1) is 41.3. The number of unbranched alkanes of at least 4 members (excludes halogenated alkanes) is 1. The topological polar surface area (TPSA) is 210 Å². The summed E-state index contributed by atoms with van der Waals surface area (Å²) in [6.07, 6.45) is 8.80. The van der Waals surface area contributed by atoms with Gasteiger partial charge < -0.3 is 31.2 Å². The van der Waals surface area contributed by atoms with Crippen LogP contribution >= 0.6 is 11.8 Å². The Morgan fingerprint density at radius 2 is 1.41 bits per heavy atom. The van der Waals surface area contributed by atoms with Gasteiger partial charge in [-0.15, -0.1) is 0 Å². The first-order valence-corrected chi connectivity index (χ1v) is 21.8. The molecule has 61 heavy (non-hydrogen) atoms. The summed E-state index contributed by atoms with van der Waals surface area (Å²) in [5.41, 5.74) is 4.30. The highest BCUT2D eigenvalue weighted by atomic mass is 32.2. The number of hydrogen-bond donors (Lipinski definition) is 7. The van der Waals surface area contributed by atoms with Gasteiger partial charge in [-0.2, -0.15) is 16.9 Å². The number of rotatable bonds is 18. The minimum absolute atomic E-state index is 0.118. The van der Waals surface area contributed by atoms with E-state index in [0.717, 1.165) is 62.1 Å². The monoisotopic (exact) mass is 843 g/mol. The third kappa shape index (κ3) is 10.1. The quantitative estimate of drug-likeness (QED) is 0.0394. The fourth-order valence-corrected chi connectivity index (χ4v) is 10.2. The van der Waals surface area contributed by atoms with Crippen LogP contribution < -0.4 is 26.6 Å². The van der Waals surface area contributed by atoms with Crippen molar-refractivity contribution < 1.29 is 28.8 Å². The van der Waals surface area contributed by atoms with Gasteiger partial charge in [0, 0.05) is 77.4 Å². The maximum absolute atomic E-state index is 14.6. The van der Waals surface area contributed by atoms with E-state index in [1.54, 1.807) is 0 Å². The number of urea groups is 1. The number of nitrogens with one attached hydrogen (secondary N) is 7. The van der Waals surface area contributed by atoms with E-state index in [0.29, 0.717) is 30.4 Å². The zero-order valence-corrected chi connectivity index (χ0v) is 34.3. The minimum Gasteiger partial charge on any atom is -0.361 e. The predicted octanol–water partition coefficient (Wildman–Crippen LogP) is 3.85. The Labute approximate surface area is 356 Å². The molecule has 7 amide bonds. The van der Waals surface area contributed by atoms with Gasteiger partial charge >= 0.3 is 6.03 Å². The van der Waals surface area contributed by atoms with Crippen molar-refractivity contribution in [2.24, 2.45) is 11.0 Å². The van der Waals surface area contributed by atoms with Crippen molar-refractivity contribution in [2.75, 3.05) is 12.3 Å². The lowest BCUT2D eigenvalue weighted by molar-refractivity contribution is -0.132. The number of H-pyrrole nitrogens is 2. The van der Waals surface area contributed by atoms with Gasteiger partial charge in [-0.3, -0.25) is 29.3 Å². The first-order valence-electron chi connectivity index (χ1n) is 20.8. The summed E-state index contributed by atoms with van der Waals surface area (Å²) in [6.45, 7) is -0.246. The molecule has 6 unspecified atom stereocenters. The van der Waals surface area contributed by atoms with Crippen LogP contribution in [0.3, 0.4) is 0 Å². The molecule has 2 aromatic heterocycles. The van der Waals surface area contributed by atoms with Gasteiger partial charge in [-0.1, -0.05) is 73.2 Å². The van der Waals surface area contributed by atoms with Crippen LogP contribution in [0.1, 0.15) is 48.8 Å². The molecular formula is C45H49N9O6S. The molecule has 0 spiro atoms. The summed E-state index contributed by atoms with van der Waals surface area (Å²) in [6, 6.07) is 21.5. The molecule has 3 aliphatic rings. The number of amides is 7. The summed E-state index contributed by atoms with van der Waals surface area (Å²) in [5.74, 6) is -0.313. The van der Waals surface area contributed by atoms with E-state index < -0.39 is 41.9 Å². The SMILES string of the molecule is O=C1CN(/N=C\C(Cc2ccccc2)NC(=O)C(Cc2c[nH]c3ccccc23)NC(=O)C(Cc2c[nH]c3ccccc23)NC(=O)CCCCC2SCC3CC(=O)NC32)C(=O)N1. The molecule has 0 saturated carbocycles. The van der Waals surface area contributed by atoms with Gasteiger partial charge in [0.2, 0.25) is 29.5 Å². The fourth-order valence-electron chi connectivity index (χ4n) is 8.51. The Morgan fingerprint density at radius 3 is 2.08 bits per heavy atom. The van der Waals surface area contributed by atoms with Crippen molar-refractivity contribution in [2.45, 2.75) is 80.8 Å². The van der Waals surface area contributed by atoms with Crippen LogP contribution in [0.5, 0.6) is 0 Å². The number of fused-ring (bicyclic) bond motifs is 3. The standard InChI is InChI=1S/C45H49N9O6S/c55-39(17-9-8-16-38-42-30(26-61-38)21-40(56)52-42)50-36(19-28-22-46-34-14-6-4-12-32(28)34)44(59)51-37(20-29-23-47-35-15-7-5-13-33(29)35)43(58)49-31(18-27-10-2-1-3-11-27)24-48-54-25-41(57)53-45(54)60/h1-7,10-15,22-24,30-31,36-38,42,46-47H,8-9,16-21,25-26H2,(H,49,58)(H,50,55)(H,51,59)(H,52,56)(H,53,57,60)/b48-24-. The normalized spacial score (nSPS) is 20.1. The summed E-state index contributed by atoms with van der Waals surface area (Å²) >= 11 is 1.89. The van der Waals surface area contributed by atoms with E-state index >= 15 is 0 Å². The molecule has 16 heteroatoms. The Morgan fingerprint density at radius 1 is 0.770 bits per heavy atom. The Kier molecular flexibility index (Phi) is 12.8. The van der Waals surface area contributed by atoms with E-state index in [1.165, 1.54) is 6.21 Å². The zero-order chi connectivity index (χ0) is 42.3. The van der Waals surface area contributed by atoms with Crippen molar-refractivity contribution in [1.82, 2.24) is 41.6 Å². The van der Waals surface area contributed by atoms with E-state index in [4.69, 9.17) is 0 Å². The Balaban J connectivity index is 1.01. The Bertz CT molecular complexity index is 2450. The van der Waals surface area contributed by atoms with Crippen LogP contribution in [0.2, 0.25) is 0 Å². The van der Waals surface area contributed by atoms with Crippen LogP contribution in [0, 0.1) is 5.92 Å². The molecule has 15 nitrogen and oxygen atoms in total. The minimum atomic E-state index is -1.10. The number of nitrogens with zero attached hydrogens (tertiary/aromatic N) is 2. The van der Waals surface area contributed by atoms with Gasteiger partial charge in [0.15, 0.2) is 0 Å². The number of aromatic amines is 2. The molecule has 0 bridgehead atoms. The molecule has 0 radical (unpaired) electrons. The molecular weight excluding hydrogens is 795 g/mol. The van der Waals surface area contributed by atoms with Crippen LogP contribution in [-0.2, 0) is 43.2 Å². The van der Waals surface area contributed by atoms with Gasteiger partial charge in [-0.05, 0) is 59.8 Å².